The Labute approximate surface area is 162 Å². The van der Waals surface area contributed by atoms with Crippen molar-refractivity contribution >= 4 is 39.9 Å². The molecule has 0 amide bonds. The first-order valence-electron chi connectivity index (χ1n) is 8.75. The Morgan fingerprint density at radius 1 is 1.23 bits per heavy atom. The van der Waals surface area contributed by atoms with Crippen molar-refractivity contribution in [2.24, 2.45) is 0 Å². The average Bonchev–Trinajstić information content (AvgIpc) is 3.20. The van der Waals surface area contributed by atoms with Crippen LogP contribution < -0.4 is 4.90 Å². The highest BCUT2D eigenvalue weighted by molar-refractivity contribution is 6.30. The largest absolute Gasteiger partial charge is 0.493 e. The number of hydrogen-bond acceptors (Lipinski definition) is 4. The summed E-state index contributed by atoms with van der Waals surface area (Å²) < 4.78 is 1.80. The van der Waals surface area contributed by atoms with Gasteiger partial charge in [-0.1, -0.05) is 23.7 Å². The fourth-order valence-corrected chi connectivity index (χ4v) is 4.10. The van der Waals surface area contributed by atoms with E-state index in [4.69, 9.17) is 23.2 Å². The van der Waals surface area contributed by atoms with E-state index in [1.165, 1.54) is 0 Å². The standard InChI is InChI=1S/C19H20Cl2N4O/c1-11(2)25-10-14-16(18(25)26)22-19(21)23-17(14)24-8-4-7-15(24)12-5-3-6-13(20)9-12/h3,5-6,9-11,15,26H,4,7-8H2,1-2H3. The van der Waals surface area contributed by atoms with E-state index < -0.39 is 0 Å². The van der Waals surface area contributed by atoms with Crippen LogP contribution >= 0.6 is 23.2 Å². The Kier molecular flexibility index (Phi) is 4.45. The number of fused-ring (bicyclic) bond motifs is 1. The van der Waals surface area contributed by atoms with Crippen molar-refractivity contribution in [3.05, 3.63) is 46.3 Å². The minimum atomic E-state index is 0.109. The van der Waals surface area contributed by atoms with E-state index in [1.807, 2.05) is 38.2 Å². The topological polar surface area (TPSA) is 54.2 Å². The number of rotatable bonds is 3. The molecular weight excluding hydrogens is 371 g/mol. The lowest BCUT2D eigenvalue weighted by Crippen LogP contribution is -2.24. The monoisotopic (exact) mass is 390 g/mol. The summed E-state index contributed by atoms with van der Waals surface area (Å²) in [5, 5.41) is 12.2. The normalized spacial score (nSPS) is 17.6. The maximum absolute atomic E-state index is 10.5. The van der Waals surface area contributed by atoms with Gasteiger partial charge in [0.15, 0.2) is 0 Å². The predicted octanol–water partition coefficient (Wildman–Crippen LogP) is 5.37. The van der Waals surface area contributed by atoms with Gasteiger partial charge in [0, 0.05) is 23.8 Å². The van der Waals surface area contributed by atoms with Gasteiger partial charge in [0.25, 0.3) is 0 Å². The Hall–Kier alpha value is -1.98. The van der Waals surface area contributed by atoms with E-state index in [0.717, 1.165) is 41.2 Å². The van der Waals surface area contributed by atoms with Crippen molar-refractivity contribution in [1.82, 2.24) is 14.5 Å². The Morgan fingerprint density at radius 3 is 2.77 bits per heavy atom. The summed E-state index contributed by atoms with van der Waals surface area (Å²) in [4.78, 5) is 11.0. The van der Waals surface area contributed by atoms with Crippen LogP contribution in [0.1, 0.15) is 44.3 Å². The van der Waals surface area contributed by atoms with Crippen LogP contribution in [-0.2, 0) is 0 Å². The molecule has 0 radical (unpaired) electrons. The number of benzene rings is 1. The number of anilines is 1. The first kappa shape index (κ1) is 17.4. The van der Waals surface area contributed by atoms with Crippen LogP contribution in [0.3, 0.4) is 0 Å². The van der Waals surface area contributed by atoms with Crippen LogP contribution in [0.25, 0.3) is 10.9 Å². The van der Waals surface area contributed by atoms with E-state index in [0.29, 0.717) is 5.52 Å². The van der Waals surface area contributed by atoms with Crippen molar-refractivity contribution in [3.8, 4) is 5.88 Å². The summed E-state index contributed by atoms with van der Waals surface area (Å²) in [5.74, 6) is 0.885. The molecule has 2 aromatic heterocycles. The van der Waals surface area contributed by atoms with Crippen LogP contribution in [0.4, 0.5) is 5.82 Å². The number of hydrogen-bond donors (Lipinski definition) is 1. The summed E-state index contributed by atoms with van der Waals surface area (Å²) in [6.45, 7) is 4.89. The van der Waals surface area contributed by atoms with Gasteiger partial charge < -0.3 is 14.6 Å². The molecule has 3 aromatic rings. The van der Waals surface area contributed by atoms with E-state index in [2.05, 4.69) is 20.9 Å². The highest BCUT2D eigenvalue weighted by atomic mass is 35.5. The second-order valence-electron chi connectivity index (χ2n) is 6.94. The quantitative estimate of drug-likeness (QED) is 0.611. The first-order chi connectivity index (χ1) is 12.5. The highest BCUT2D eigenvalue weighted by Gasteiger charge is 2.30. The molecule has 0 saturated carbocycles. The Balaban J connectivity index is 1.86. The van der Waals surface area contributed by atoms with Gasteiger partial charge in [-0.15, -0.1) is 0 Å². The maximum Gasteiger partial charge on any atom is 0.225 e. The lowest BCUT2D eigenvalue weighted by atomic mass is 10.0. The highest BCUT2D eigenvalue weighted by Crippen LogP contribution is 2.41. The molecule has 1 unspecified atom stereocenters. The average molecular weight is 391 g/mol. The lowest BCUT2D eigenvalue weighted by Gasteiger charge is -2.26. The fraction of sp³-hybridized carbons (Fsp3) is 0.368. The van der Waals surface area contributed by atoms with E-state index in [-0.39, 0.29) is 23.2 Å². The molecular formula is C19H20Cl2N4O. The van der Waals surface area contributed by atoms with E-state index in [1.54, 1.807) is 4.57 Å². The number of nitrogens with zero attached hydrogens (tertiary/aromatic N) is 4. The summed E-state index contributed by atoms with van der Waals surface area (Å²) >= 11 is 12.4. The predicted molar refractivity (Wildman–Crippen MR) is 105 cm³/mol. The molecule has 7 heteroatoms. The van der Waals surface area contributed by atoms with Crippen LogP contribution in [0.5, 0.6) is 5.88 Å². The maximum atomic E-state index is 10.5. The van der Waals surface area contributed by atoms with Gasteiger partial charge in [0.05, 0.1) is 11.4 Å². The fourth-order valence-electron chi connectivity index (χ4n) is 3.74. The van der Waals surface area contributed by atoms with Gasteiger partial charge in [0.1, 0.15) is 11.3 Å². The third kappa shape index (κ3) is 2.89. The van der Waals surface area contributed by atoms with Crippen LogP contribution in [0.15, 0.2) is 30.5 Å². The third-order valence-corrected chi connectivity index (χ3v) is 5.34. The molecule has 1 aliphatic heterocycles. The zero-order valence-corrected chi connectivity index (χ0v) is 16.2. The molecule has 136 valence electrons. The minimum Gasteiger partial charge on any atom is -0.493 e. The second-order valence-corrected chi connectivity index (χ2v) is 7.71. The third-order valence-electron chi connectivity index (χ3n) is 4.94. The van der Waals surface area contributed by atoms with Crippen molar-refractivity contribution in [1.29, 1.82) is 0 Å². The van der Waals surface area contributed by atoms with Gasteiger partial charge in [0.2, 0.25) is 11.2 Å². The van der Waals surface area contributed by atoms with Crippen molar-refractivity contribution in [3.63, 3.8) is 0 Å². The van der Waals surface area contributed by atoms with Gasteiger partial charge in [-0.25, -0.2) is 4.98 Å². The van der Waals surface area contributed by atoms with Crippen LogP contribution in [0.2, 0.25) is 10.3 Å². The zero-order chi connectivity index (χ0) is 18.4. The summed E-state index contributed by atoms with van der Waals surface area (Å²) in [5.41, 5.74) is 1.65. The molecule has 1 fully saturated rings. The molecule has 1 atom stereocenters. The first-order valence-corrected chi connectivity index (χ1v) is 9.50. The number of aromatic hydroxyl groups is 1. The molecule has 3 heterocycles. The molecule has 4 rings (SSSR count). The molecule has 1 N–H and O–H groups in total. The van der Waals surface area contributed by atoms with Gasteiger partial charge >= 0.3 is 0 Å². The smallest absolute Gasteiger partial charge is 0.225 e. The minimum absolute atomic E-state index is 0.109. The van der Waals surface area contributed by atoms with Crippen LogP contribution in [-0.4, -0.2) is 26.2 Å². The zero-order valence-electron chi connectivity index (χ0n) is 14.7. The molecule has 5 nitrogen and oxygen atoms in total. The van der Waals surface area contributed by atoms with Gasteiger partial charge in [-0.05, 0) is 56.0 Å². The molecule has 1 aliphatic rings. The number of halogens is 2. The molecule has 1 saturated heterocycles. The Morgan fingerprint density at radius 2 is 2.04 bits per heavy atom. The van der Waals surface area contributed by atoms with Crippen molar-refractivity contribution < 1.29 is 5.11 Å². The van der Waals surface area contributed by atoms with Gasteiger partial charge in [-0.2, -0.15) is 4.98 Å². The van der Waals surface area contributed by atoms with E-state index in [9.17, 15) is 5.11 Å². The van der Waals surface area contributed by atoms with E-state index >= 15 is 0 Å². The van der Waals surface area contributed by atoms with Crippen molar-refractivity contribution in [2.75, 3.05) is 11.4 Å². The summed E-state index contributed by atoms with van der Waals surface area (Å²) in [7, 11) is 0. The molecule has 0 bridgehead atoms. The molecule has 26 heavy (non-hydrogen) atoms. The van der Waals surface area contributed by atoms with Crippen molar-refractivity contribution in [2.45, 2.75) is 38.8 Å². The Bertz CT molecular complexity index is 970. The summed E-state index contributed by atoms with van der Waals surface area (Å²) in [6.07, 6.45) is 3.98. The van der Waals surface area contributed by atoms with Gasteiger partial charge in [-0.3, -0.25) is 0 Å². The molecule has 1 aromatic carbocycles. The second kappa shape index (κ2) is 6.63. The molecule has 0 spiro atoms. The molecule has 0 aliphatic carbocycles. The number of aromatic nitrogens is 3. The SMILES string of the molecule is CC(C)n1cc2c(N3CCCC3c3cccc(Cl)c3)nc(Cl)nc2c1O. The lowest BCUT2D eigenvalue weighted by molar-refractivity contribution is 0.404. The summed E-state index contributed by atoms with van der Waals surface area (Å²) in [6, 6.07) is 8.22. The van der Waals surface area contributed by atoms with Crippen LogP contribution in [0, 0.1) is 0 Å².